The number of aliphatic hydroxyl groups excluding tert-OH is 1. The van der Waals surface area contributed by atoms with Crippen molar-refractivity contribution in [2.75, 3.05) is 25.5 Å². The first kappa shape index (κ1) is 22.4. The molecule has 2 bridgehead atoms. The Kier molecular flexibility index (Phi) is 6.00. The fraction of sp³-hybridized carbons (Fsp3) is 0.591. The molecule has 31 heavy (non-hydrogen) atoms. The lowest BCUT2D eigenvalue weighted by Crippen LogP contribution is -2.52. The average Bonchev–Trinajstić information content (AvgIpc) is 3.30. The molecule has 0 aliphatic carbocycles. The Morgan fingerprint density at radius 1 is 1.23 bits per heavy atom. The van der Waals surface area contributed by atoms with Gasteiger partial charge in [-0.05, 0) is 56.9 Å². The van der Waals surface area contributed by atoms with Gasteiger partial charge in [-0.3, -0.25) is 14.4 Å². The molecule has 1 spiro atoms. The molecule has 168 valence electrons. The van der Waals surface area contributed by atoms with E-state index in [1.807, 2.05) is 6.92 Å². The van der Waals surface area contributed by atoms with E-state index in [0.29, 0.717) is 36.5 Å². The summed E-state index contributed by atoms with van der Waals surface area (Å²) < 4.78 is -0.991. The number of amides is 3. The summed E-state index contributed by atoms with van der Waals surface area (Å²) >= 11 is 7.60. The minimum absolute atomic E-state index is 0.0337. The molecular formula is C22H28ClN3O4S. The van der Waals surface area contributed by atoms with Gasteiger partial charge in [0.1, 0.15) is 6.04 Å². The lowest BCUT2D eigenvalue weighted by Gasteiger charge is -2.34. The van der Waals surface area contributed by atoms with E-state index in [-0.39, 0.29) is 29.1 Å². The van der Waals surface area contributed by atoms with Crippen molar-refractivity contribution in [3.8, 4) is 0 Å². The van der Waals surface area contributed by atoms with Crippen molar-refractivity contribution in [3.05, 3.63) is 29.3 Å². The number of likely N-dealkylation sites (tertiary alicyclic amines) is 1. The predicted octanol–water partition coefficient (Wildman–Crippen LogP) is 2.28. The standard InChI is InChI=1S/C22H28ClN3O4S/c1-21-9-10-22(31-21)16(15(21)18(28)24-2)20(30)26(11-3-4-12-27)17(22)19(29)25-14-7-5-13(23)6-8-14/h5-8,15-17,27H,3-4,9-12H2,1-2H3,(H,24,28)(H,25,29)/t15-,16-,17?,21+,22?/m0/s1. The summed E-state index contributed by atoms with van der Waals surface area (Å²) in [5, 5.41) is 15.5. The van der Waals surface area contributed by atoms with Crippen LogP contribution in [0.3, 0.4) is 0 Å². The number of carbonyl (C=O) groups excluding carboxylic acids is 3. The molecule has 4 rings (SSSR count). The smallest absolute Gasteiger partial charge is 0.248 e. The summed E-state index contributed by atoms with van der Waals surface area (Å²) in [5.41, 5.74) is 0.614. The quantitative estimate of drug-likeness (QED) is 0.536. The first-order chi connectivity index (χ1) is 14.8. The predicted molar refractivity (Wildman–Crippen MR) is 121 cm³/mol. The Morgan fingerprint density at radius 2 is 1.94 bits per heavy atom. The number of aliphatic hydroxyl groups is 1. The van der Waals surface area contributed by atoms with Crippen LogP contribution in [0.4, 0.5) is 5.69 Å². The van der Waals surface area contributed by atoms with E-state index in [0.717, 1.165) is 6.42 Å². The third-order valence-corrected chi connectivity index (χ3v) is 9.21. The van der Waals surface area contributed by atoms with Crippen molar-refractivity contribution in [3.63, 3.8) is 0 Å². The zero-order valence-corrected chi connectivity index (χ0v) is 19.3. The molecule has 0 aromatic heterocycles. The molecule has 3 fully saturated rings. The zero-order chi connectivity index (χ0) is 22.4. The SMILES string of the molecule is CNC(=O)[C@@H]1[C@H]2C(=O)N(CCCCO)C(C(=O)Nc3ccc(Cl)cc3)C23CC[C@@]1(C)S3. The van der Waals surface area contributed by atoms with E-state index in [4.69, 9.17) is 11.6 Å². The van der Waals surface area contributed by atoms with Crippen LogP contribution in [0.25, 0.3) is 0 Å². The molecule has 7 nitrogen and oxygen atoms in total. The van der Waals surface area contributed by atoms with Crippen LogP contribution in [0.5, 0.6) is 0 Å². The van der Waals surface area contributed by atoms with Crippen LogP contribution in [-0.4, -0.2) is 63.5 Å². The molecule has 0 saturated carbocycles. The first-order valence-electron chi connectivity index (χ1n) is 10.7. The van der Waals surface area contributed by atoms with Gasteiger partial charge in [-0.15, -0.1) is 11.8 Å². The number of hydrogen-bond acceptors (Lipinski definition) is 5. The van der Waals surface area contributed by atoms with E-state index < -0.39 is 22.6 Å². The summed E-state index contributed by atoms with van der Waals surface area (Å²) in [7, 11) is 1.60. The number of halogens is 1. The molecular weight excluding hydrogens is 438 g/mol. The number of nitrogens with zero attached hydrogens (tertiary/aromatic N) is 1. The number of carbonyl (C=O) groups is 3. The minimum Gasteiger partial charge on any atom is -0.396 e. The number of rotatable bonds is 7. The van der Waals surface area contributed by atoms with Crippen molar-refractivity contribution in [1.82, 2.24) is 10.2 Å². The van der Waals surface area contributed by atoms with Gasteiger partial charge < -0.3 is 20.6 Å². The van der Waals surface area contributed by atoms with Gasteiger partial charge in [-0.2, -0.15) is 0 Å². The third-order valence-electron chi connectivity index (χ3n) is 6.97. The van der Waals surface area contributed by atoms with E-state index in [9.17, 15) is 19.5 Å². The maximum Gasteiger partial charge on any atom is 0.248 e. The molecule has 3 amide bonds. The summed E-state index contributed by atoms with van der Waals surface area (Å²) in [5.74, 6) is -1.48. The molecule has 3 aliphatic rings. The third kappa shape index (κ3) is 3.52. The van der Waals surface area contributed by atoms with Gasteiger partial charge in [0.25, 0.3) is 0 Å². The van der Waals surface area contributed by atoms with Crippen LogP contribution in [0, 0.1) is 11.8 Å². The Bertz CT molecular complexity index is 897. The molecule has 3 N–H and O–H groups in total. The number of unbranched alkanes of at least 4 members (excludes halogenated alkanes) is 1. The number of thioether (sulfide) groups is 1. The van der Waals surface area contributed by atoms with Gasteiger partial charge in [0, 0.05) is 35.7 Å². The van der Waals surface area contributed by atoms with E-state index >= 15 is 0 Å². The molecule has 3 saturated heterocycles. The molecule has 0 radical (unpaired) electrons. The average molecular weight is 466 g/mol. The summed E-state index contributed by atoms with van der Waals surface area (Å²) in [6.07, 6.45) is 2.65. The van der Waals surface area contributed by atoms with Gasteiger partial charge in [-0.1, -0.05) is 11.6 Å². The highest BCUT2D eigenvalue weighted by molar-refractivity contribution is 8.02. The van der Waals surface area contributed by atoms with Crippen LogP contribution >= 0.6 is 23.4 Å². The highest BCUT2D eigenvalue weighted by Gasteiger charge is 2.76. The van der Waals surface area contributed by atoms with Crippen LogP contribution in [0.2, 0.25) is 5.02 Å². The molecule has 9 heteroatoms. The lowest BCUT2D eigenvalue weighted by atomic mass is 9.66. The van der Waals surface area contributed by atoms with Crippen LogP contribution in [0.1, 0.15) is 32.6 Å². The molecule has 1 aromatic carbocycles. The van der Waals surface area contributed by atoms with Crippen molar-refractivity contribution in [1.29, 1.82) is 0 Å². The minimum atomic E-state index is -0.666. The van der Waals surface area contributed by atoms with Gasteiger partial charge in [0.15, 0.2) is 0 Å². The molecule has 5 atom stereocenters. The second-order valence-electron chi connectivity index (χ2n) is 8.80. The van der Waals surface area contributed by atoms with Crippen molar-refractivity contribution < 1.29 is 19.5 Å². The fourth-order valence-electron chi connectivity index (χ4n) is 5.66. The maximum atomic E-state index is 13.6. The number of benzene rings is 1. The first-order valence-corrected chi connectivity index (χ1v) is 11.9. The second kappa shape index (κ2) is 8.30. The lowest BCUT2D eigenvalue weighted by molar-refractivity contribution is -0.140. The van der Waals surface area contributed by atoms with Crippen LogP contribution in [-0.2, 0) is 14.4 Å². The summed E-state index contributed by atoms with van der Waals surface area (Å²) in [6, 6.07) is 6.21. The van der Waals surface area contributed by atoms with Gasteiger partial charge in [-0.25, -0.2) is 0 Å². The number of nitrogens with one attached hydrogen (secondary N) is 2. The number of hydrogen-bond donors (Lipinski definition) is 3. The van der Waals surface area contributed by atoms with Gasteiger partial charge in [0.2, 0.25) is 17.7 Å². The monoisotopic (exact) mass is 465 g/mol. The molecule has 2 unspecified atom stereocenters. The van der Waals surface area contributed by atoms with E-state index in [2.05, 4.69) is 10.6 Å². The molecule has 3 aliphatic heterocycles. The van der Waals surface area contributed by atoms with Crippen LogP contribution < -0.4 is 10.6 Å². The fourth-order valence-corrected chi connectivity index (χ4v) is 8.14. The summed E-state index contributed by atoms with van der Waals surface area (Å²) in [6.45, 7) is 2.46. The van der Waals surface area contributed by atoms with Crippen molar-refractivity contribution >= 4 is 46.8 Å². The van der Waals surface area contributed by atoms with E-state index in [1.165, 1.54) is 0 Å². The highest BCUT2D eigenvalue weighted by Crippen LogP contribution is 2.71. The van der Waals surface area contributed by atoms with E-state index in [1.54, 1.807) is 48.0 Å². The Morgan fingerprint density at radius 3 is 2.58 bits per heavy atom. The van der Waals surface area contributed by atoms with Gasteiger partial charge >= 0.3 is 0 Å². The normalized spacial score (nSPS) is 33.5. The van der Waals surface area contributed by atoms with Gasteiger partial charge in [0.05, 0.1) is 16.6 Å². The highest BCUT2D eigenvalue weighted by atomic mass is 35.5. The topological polar surface area (TPSA) is 98.7 Å². The largest absolute Gasteiger partial charge is 0.396 e. The second-order valence-corrected chi connectivity index (χ2v) is 11.1. The Balaban J connectivity index is 1.70. The maximum absolute atomic E-state index is 13.6. The number of anilines is 1. The Labute approximate surface area is 191 Å². The Hall–Kier alpha value is -1.77. The number of fused-ring (bicyclic) bond motifs is 1. The van der Waals surface area contributed by atoms with Crippen LogP contribution in [0.15, 0.2) is 24.3 Å². The zero-order valence-electron chi connectivity index (χ0n) is 17.7. The molecule has 1 aromatic rings. The van der Waals surface area contributed by atoms with Crippen molar-refractivity contribution in [2.24, 2.45) is 11.8 Å². The summed E-state index contributed by atoms with van der Waals surface area (Å²) in [4.78, 5) is 41.7. The van der Waals surface area contributed by atoms with Crippen molar-refractivity contribution in [2.45, 2.75) is 48.1 Å². The molecule has 3 heterocycles.